The maximum absolute atomic E-state index is 11.8. The van der Waals surface area contributed by atoms with Crippen LogP contribution in [0.4, 0.5) is 10.5 Å². The van der Waals surface area contributed by atoms with E-state index in [4.69, 9.17) is 9.47 Å². The summed E-state index contributed by atoms with van der Waals surface area (Å²) in [5.41, 5.74) is 3.63. The minimum Gasteiger partial charge on any atom is -0.487 e. The van der Waals surface area contributed by atoms with E-state index in [9.17, 15) is 10.1 Å². The molecule has 0 aliphatic heterocycles. The largest absolute Gasteiger partial charge is 0.487 e. The number of nitriles is 1. The normalized spacial score (nSPS) is 10.4. The smallest absolute Gasteiger partial charge is 0.319 e. The number of urea groups is 1. The van der Waals surface area contributed by atoms with Crippen molar-refractivity contribution >= 4 is 22.6 Å². The Hall–Kier alpha value is -4.57. The van der Waals surface area contributed by atoms with E-state index < -0.39 is 0 Å². The number of anilines is 1. The number of nitrogens with one attached hydrogen (secondary N) is 2. The van der Waals surface area contributed by atoms with Gasteiger partial charge in [-0.1, -0.05) is 30.3 Å². The molecule has 7 heteroatoms. The molecular formula is C27H24N4O3. The van der Waals surface area contributed by atoms with Gasteiger partial charge in [-0.25, -0.2) is 4.79 Å². The Morgan fingerprint density at radius 2 is 1.88 bits per heavy atom. The lowest BCUT2D eigenvalue weighted by molar-refractivity contribution is 0.252. The Bertz CT molecular complexity index is 1360. The zero-order valence-corrected chi connectivity index (χ0v) is 19.0. The average molecular weight is 453 g/mol. The molecule has 34 heavy (non-hydrogen) atoms. The van der Waals surface area contributed by atoms with Crippen molar-refractivity contribution in [1.82, 2.24) is 10.3 Å². The molecule has 4 aromatic rings. The van der Waals surface area contributed by atoms with Gasteiger partial charge in [0, 0.05) is 29.9 Å². The van der Waals surface area contributed by atoms with Gasteiger partial charge in [0.1, 0.15) is 29.9 Å². The molecule has 0 saturated heterocycles. The van der Waals surface area contributed by atoms with Crippen molar-refractivity contribution in [1.29, 1.82) is 5.26 Å². The number of rotatable bonds is 7. The molecule has 0 aliphatic carbocycles. The molecule has 3 aromatic carbocycles. The minimum absolute atomic E-state index is 0.256. The molecular weight excluding hydrogens is 428 g/mol. The van der Waals surface area contributed by atoms with Gasteiger partial charge in [-0.05, 0) is 55.3 Å². The molecule has 0 aliphatic rings. The number of aromatic nitrogens is 1. The van der Waals surface area contributed by atoms with Gasteiger partial charge in [0.05, 0.1) is 11.1 Å². The maximum atomic E-state index is 11.8. The average Bonchev–Trinajstić information content (AvgIpc) is 2.85. The molecule has 2 N–H and O–H groups in total. The van der Waals surface area contributed by atoms with E-state index in [1.807, 2.05) is 50.2 Å². The lowest BCUT2D eigenvalue weighted by Crippen LogP contribution is -2.28. The summed E-state index contributed by atoms with van der Waals surface area (Å²) in [5.74, 6) is 1.65. The SMILES string of the molecule is CCNC(=O)Nc1ccc(Oc2ccnc3cc(OCc4ccccc4)c(C#N)cc23)cc1C. The lowest BCUT2D eigenvalue weighted by atomic mass is 10.1. The van der Waals surface area contributed by atoms with Crippen LogP contribution in [0.25, 0.3) is 10.9 Å². The second kappa shape index (κ2) is 10.4. The van der Waals surface area contributed by atoms with Crippen molar-refractivity contribution < 1.29 is 14.3 Å². The maximum Gasteiger partial charge on any atom is 0.319 e. The monoisotopic (exact) mass is 452 g/mol. The quantitative estimate of drug-likeness (QED) is 0.362. The predicted molar refractivity (Wildman–Crippen MR) is 131 cm³/mol. The number of aryl methyl sites for hydroxylation is 1. The third-order valence-electron chi connectivity index (χ3n) is 5.17. The number of carbonyl (C=O) groups is 1. The summed E-state index contributed by atoms with van der Waals surface area (Å²) >= 11 is 0. The highest BCUT2D eigenvalue weighted by Gasteiger charge is 2.13. The molecule has 0 saturated carbocycles. The molecule has 1 heterocycles. The fourth-order valence-electron chi connectivity index (χ4n) is 3.47. The van der Waals surface area contributed by atoms with E-state index in [1.165, 1.54) is 0 Å². The number of ether oxygens (including phenoxy) is 2. The highest BCUT2D eigenvalue weighted by Crippen LogP contribution is 2.34. The fraction of sp³-hybridized carbons (Fsp3) is 0.148. The molecule has 7 nitrogen and oxygen atoms in total. The van der Waals surface area contributed by atoms with Crippen LogP contribution in [0.5, 0.6) is 17.2 Å². The number of benzene rings is 3. The van der Waals surface area contributed by atoms with Crippen LogP contribution in [0.2, 0.25) is 0 Å². The number of pyridine rings is 1. The van der Waals surface area contributed by atoms with E-state index in [-0.39, 0.29) is 6.03 Å². The van der Waals surface area contributed by atoms with E-state index in [0.29, 0.717) is 52.6 Å². The Balaban J connectivity index is 1.58. The fourth-order valence-corrected chi connectivity index (χ4v) is 3.47. The van der Waals surface area contributed by atoms with Crippen molar-refractivity contribution in [3.63, 3.8) is 0 Å². The number of amides is 2. The Labute approximate surface area is 198 Å². The van der Waals surface area contributed by atoms with Crippen LogP contribution in [-0.2, 0) is 6.61 Å². The van der Waals surface area contributed by atoms with Gasteiger partial charge in [0.2, 0.25) is 0 Å². The van der Waals surface area contributed by atoms with Crippen molar-refractivity contribution in [3.05, 3.63) is 89.6 Å². The van der Waals surface area contributed by atoms with Crippen LogP contribution in [0.15, 0.2) is 72.9 Å². The molecule has 4 rings (SSSR count). The summed E-state index contributed by atoms with van der Waals surface area (Å²) in [6.07, 6.45) is 1.66. The van der Waals surface area contributed by atoms with Crippen molar-refractivity contribution in [2.45, 2.75) is 20.5 Å². The number of hydrogen-bond donors (Lipinski definition) is 2. The lowest BCUT2D eigenvalue weighted by Gasteiger charge is -2.14. The second-order valence-electron chi connectivity index (χ2n) is 7.62. The van der Waals surface area contributed by atoms with Crippen LogP contribution in [0.3, 0.4) is 0 Å². The number of nitrogens with zero attached hydrogens (tertiary/aromatic N) is 2. The van der Waals surface area contributed by atoms with Gasteiger partial charge in [-0.15, -0.1) is 0 Å². The van der Waals surface area contributed by atoms with E-state index in [1.54, 1.807) is 36.5 Å². The highest BCUT2D eigenvalue weighted by molar-refractivity contribution is 5.90. The summed E-state index contributed by atoms with van der Waals surface area (Å²) in [4.78, 5) is 16.2. The zero-order valence-electron chi connectivity index (χ0n) is 19.0. The van der Waals surface area contributed by atoms with Gasteiger partial charge in [-0.3, -0.25) is 4.98 Å². The third-order valence-corrected chi connectivity index (χ3v) is 5.17. The molecule has 170 valence electrons. The summed E-state index contributed by atoms with van der Waals surface area (Å²) < 4.78 is 12.0. The highest BCUT2D eigenvalue weighted by atomic mass is 16.5. The van der Waals surface area contributed by atoms with Crippen molar-refractivity contribution in [2.24, 2.45) is 0 Å². The van der Waals surface area contributed by atoms with Crippen molar-refractivity contribution in [3.8, 4) is 23.3 Å². The van der Waals surface area contributed by atoms with Gasteiger partial charge in [0.25, 0.3) is 0 Å². The Kier molecular flexibility index (Phi) is 6.89. The number of fused-ring (bicyclic) bond motifs is 1. The topological polar surface area (TPSA) is 96.3 Å². The molecule has 0 radical (unpaired) electrons. The van der Waals surface area contributed by atoms with Gasteiger partial charge < -0.3 is 20.1 Å². The Morgan fingerprint density at radius 1 is 1.06 bits per heavy atom. The molecule has 2 amide bonds. The summed E-state index contributed by atoms with van der Waals surface area (Å²) in [6, 6.07) is 22.4. The third kappa shape index (κ3) is 5.25. The van der Waals surface area contributed by atoms with Crippen LogP contribution >= 0.6 is 0 Å². The van der Waals surface area contributed by atoms with Crippen LogP contribution in [0.1, 0.15) is 23.6 Å². The standard InChI is InChI=1S/C27H24N4O3/c1-3-29-27(32)31-23-10-9-21(13-18(23)2)34-25-11-12-30-24-15-26(20(16-28)14-22(24)25)33-17-19-7-5-4-6-8-19/h4-15H,3,17H2,1-2H3,(H2,29,31,32). The van der Waals surface area contributed by atoms with E-state index >= 15 is 0 Å². The molecule has 0 atom stereocenters. The summed E-state index contributed by atoms with van der Waals surface area (Å²) in [7, 11) is 0. The first-order valence-corrected chi connectivity index (χ1v) is 10.9. The zero-order chi connectivity index (χ0) is 23.9. The Morgan fingerprint density at radius 3 is 2.62 bits per heavy atom. The molecule has 0 spiro atoms. The number of hydrogen-bond acceptors (Lipinski definition) is 5. The summed E-state index contributed by atoms with van der Waals surface area (Å²) in [6.45, 7) is 4.65. The molecule has 0 fully saturated rings. The van der Waals surface area contributed by atoms with Crippen LogP contribution < -0.4 is 20.1 Å². The first-order valence-electron chi connectivity index (χ1n) is 10.9. The predicted octanol–water partition coefficient (Wildman–Crippen LogP) is 5.93. The number of carbonyl (C=O) groups excluding carboxylic acids is 1. The van der Waals surface area contributed by atoms with Gasteiger partial charge in [0.15, 0.2) is 0 Å². The van der Waals surface area contributed by atoms with Crippen molar-refractivity contribution in [2.75, 3.05) is 11.9 Å². The van der Waals surface area contributed by atoms with Crippen LogP contribution in [0, 0.1) is 18.3 Å². The minimum atomic E-state index is -0.256. The first kappa shape index (κ1) is 22.6. The summed E-state index contributed by atoms with van der Waals surface area (Å²) in [5, 5.41) is 15.9. The van der Waals surface area contributed by atoms with E-state index in [2.05, 4.69) is 21.7 Å². The van der Waals surface area contributed by atoms with E-state index in [0.717, 1.165) is 11.1 Å². The molecule has 0 bridgehead atoms. The van der Waals surface area contributed by atoms with Crippen LogP contribution in [-0.4, -0.2) is 17.6 Å². The molecule has 0 unspecified atom stereocenters. The first-order chi connectivity index (χ1) is 16.6. The second-order valence-corrected chi connectivity index (χ2v) is 7.62. The van der Waals surface area contributed by atoms with Gasteiger partial charge >= 0.3 is 6.03 Å². The van der Waals surface area contributed by atoms with Gasteiger partial charge in [-0.2, -0.15) is 5.26 Å². The molecule has 1 aromatic heterocycles.